The first-order valence-electron chi connectivity index (χ1n) is 8.56. The number of benzene rings is 2. The summed E-state index contributed by atoms with van der Waals surface area (Å²) in [6, 6.07) is 8.31. The minimum Gasteiger partial charge on any atom is -0.207 e. The molecule has 152 valence electrons. The number of nitrogens with zero attached hydrogens (tertiary/aromatic N) is 2. The molecular formula is C18H20ClFN2O4S2. The number of rotatable bonds is 4. The maximum Gasteiger partial charge on any atom is 0.243 e. The third-order valence-electron chi connectivity index (χ3n) is 4.67. The molecule has 0 unspecified atom stereocenters. The Morgan fingerprint density at radius 2 is 1.43 bits per heavy atom. The third kappa shape index (κ3) is 3.95. The average Bonchev–Trinajstić information content (AvgIpc) is 2.63. The van der Waals surface area contributed by atoms with E-state index in [4.69, 9.17) is 11.6 Å². The fraction of sp³-hybridized carbons (Fsp3) is 0.333. The molecule has 1 aliphatic rings. The van der Waals surface area contributed by atoms with Gasteiger partial charge in [0.25, 0.3) is 0 Å². The number of hydrogen-bond acceptors (Lipinski definition) is 4. The Balaban J connectivity index is 1.79. The van der Waals surface area contributed by atoms with Gasteiger partial charge in [0.05, 0.1) is 14.8 Å². The summed E-state index contributed by atoms with van der Waals surface area (Å²) in [5.74, 6) is -0.704. The second-order valence-electron chi connectivity index (χ2n) is 6.65. The molecule has 6 nitrogen and oxygen atoms in total. The molecular weight excluding hydrogens is 427 g/mol. The maximum atomic E-state index is 13.3. The monoisotopic (exact) mass is 446 g/mol. The molecule has 1 heterocycles. The number of piperazine rings is 1. The van der Waals surface area contributed by atoms with Crippen molar-refractivity contribution in [1.29, 1.82) is 0 Å². The van der Waals surface area contributed by atoms with E-state index in [0.29, 0.717) is 5.56 Å². The average molecular weight is 447 g/mol. The lowest BCUT2D eigenvalue weighted by molar-refractivity contribution is 0.272. The number of halogens is 2. The molecule has 0 radical (unpaired) electrons. The van der Waals surface area contributed by atoms with Gasteiger partial charge in [0.15, 0.2) is 0 Å². The molecule has 1 aliphatic heterocycles. The van der Waals surface area contributed by atoms with Crippen LogP contribution in [0.5, 0.6) is 0 Å². The highest BCUT2D eigenvalue weighted by atomic mass is 35.5. The van der Waals surface area contributed by atoms with E-state index in [1.54, 1.807) is 25.1 Å². The van der Waals surface area contributed by atoms with Crippen LogP contribution in [0.2, 0.25) is 5.02 Å². The number of sulfonamides is 2. The molecule has 0 aromatic heterocycles. The summed E-state index contributed by atoms with van der Waals surface area (Å²) >= 11 is 5.69. The van der Waals surface area contributed by atoms with E-state index in [2.05, 4.69) is 0 Å². The van der Waals surface area contributed by atoms with Crippen LogP contribution < -0.4 is 0 Å². The minimum absolute atomic E-state index is 0.00146. The first-order valence-corrected chi connectivity index (χ1v) is 11.8. The third-order valence-corrected chi connectivity index (χ3v) is 8.92. The summed E-state index contributed by atoms with van der Waals surface area (Å²) in [4.78, 5) is 0.101. The molecule has 0 saturated carbocycles. The van der Waals surface area contributed by atoms with Crippen molar-refractivity contribution in [3.05, 3.63) is 58.4 Å². The topological polar surface area (TPSA) is 74.8 Å². The molecule has 0 spiro atoms. The second kappa shape index (κ2) is 7.72. The van der Waals surface area contributed by atoms with Crippen LogP contribution in [0.4, 0.5) is 4.39 Å². The standard InChI is InChI=1S/C18H20ClFN2O4S2/c1-13-3-6-18(14(2)11-13)28(25,26)22-9-7-21(8-10-22)27(23,24)15-4-5-17(20)16(19)12-15/h3-6,11-12H,7-10H2,1-2H3. The summed E-state index contributed by atoms with van der Waals surface area (Å²) in [5, 5.41) is -0.280. The lowest BCUT2D eigenvalue weighted by atomic mass is 10.2. The van der Waals surface area contributed by atoms with E-state index in [0.717, 1.165) is 23.8 Å². The lowest BCUT2D eigenvalue weighted by Crippen LogP contribution is -2.50. The molecule has 10 heteroatoms. The van der Waals surface area contributed by atoms with Crippen molar-refractivity contribution in [2.24, 2.45) is 0 Å². The van der Waals surface area contributed by atoms with Crippen molar-refractivity contribution in [2.45, 2.75) is 23.6 Å². The summed E-state index contributed by atoms with van der Waals surface area (Å²) in [7, 11) is -7.60. The summed E-state index contributed by atoms with van der Waals surface area (Å²) in [5.41, 5.74) is 1.61. The van der Waals surface area contributed by atoms with Crippen LogP contribution in [0.15, 0.2) is 46.2 Å². The molecule has 1 fully saturated rings. The Hall–Kier alpha value is -1.52. The Kier molecular flexibility index (Phi) is 5.84. The van der Waals surface area contributed by atoms with E-state index < -0.39 is 25.9 Å². The fourth-order valence-corrected chi connectivity index (χ4v) is 6.49. The maximum absolute atomic E-state index is 13.3. The Labute approximate surface area is 169 Å². The highest BCUT2D eigenvalue weighted by Gasteiger charge is 2.34. The quantitative estimate of drug-likeness (QED) is 0.723. The van der Waals surface area contributed by atoms with Crippen molar-refractivity contribution in [1.82, 2.24) is 8.61 Å². The van der Waals surface area contributed by atoms with Crippen molar-refractivity contribution >= 4 is 31.6 Å². The predicted molar refractivity (Wildman–Crippen MR) is 105 cm³/mol. The van der Waals surface area contributed by atoms with Gasteiger partial charge in [-0.05, 0) is 43.7 Å². The highest BCUT2D eigenvalue weighted by Crippen LogP contribution is 2.26. The zero-order valence-corrected chi connectivity index (χ0v) is 17.8. The van der Waals surface area contributed by atoms with Gasteiger partial charge >= 0.3 is 0 Å². The zero-order chi connectivity index (χ0) is 20.7. The number of hydrogen-bond donors (Lipinski definition) is 0. The molecule has 0 atom stereocenters. The Morgan fingerprint density at radius 1 is 0.857 bits per heavy atom. The normalized spacial score (nSPS) is 17.0. The van der Waals surface area contributed by atoms with Crippen LogP contribution in [0, 0.1) is 19.7 Å². The van der Waals surface area contributed by atoms with E-state index in [9.17, 15) is 21.2 Å². The van der Waals surface area contributed by atoms with Crippen LogP contribution in [-0.2, 0) is 20.0 Å². The van der Waals surface area contributed by atoms with Crippen LogP contribution in [0.1, 0.15) is 11.1 Å². The SMILES string of the molecule is Cc1ccc(S(=O)(=O)N2CCN(S(=O)(=O)c3ccc(F)c(Cl)c3)CC2)c(C)c1. The van der Waals surface area contributed by atoms with E-state index >= 15 is 0 Å². The summed E-state index contributed by atoms with van der Waals surface area (Å²) in [6.45, 7) is 3.68. The molecule has 0 amide bonds. The van der Waals surface area contributed by atoms with Crippen molar-refractivity contribution in [3.63, 3.8) is 0 Å². The molecule has 0 aliphatic carbocycles. The smallest absolute Gasteiger partial charge is 0.207 e. The van der Waals surface area contributed by atoms with E-state index in [1.807, 2.05) is 6.92 Å². The van der Waals surface area contributed by atoms with Crippen molar-refractivity contribution < 1.29 is 21.2 Å². The van der Waals surface area contributed by atoms with E-state index in [-0.39, 0.29) is 41.0 Å². The molecule has 28 heavy (non-hydrogen) atoms. The van der Waals surface area contributed by atoms with Gasteiger partial charge in [-0.1, -0.05) is 29.3 Å². The summed E-state index contributed by atoms with van der Waals surface area (Å²) in [6.07, 6.45) is 0. The number of aryl methyl sites for hydroxylation is 2. The molecule has 3 rings (SSSR count). The minimum atomic E-state index is -3.89. The molecule has 1 saturated heterocycles. The predicted octanol–water partition coefficient (Wildman–Crippen LogP) is 2.79. The first-order chi connectivity index (χ1) is 13.0. The van der Waals surface area contributed by atoms with Gasteiger partial charge in [0, 0.05) is 26.2 Å². The van der Waals surface area contributed by atoms with Gasteiger partial charge in [-0.3, -0.25) is 0 Å². The summed E-state index contributed by atoms with van der Waals surface area (Å²) < 4.78 is 67.1. The molecule has 2 aromatic rings. The van der Waals surface area contributed by atoms with Gasteiger partial charge in [0.2, 0.25) is 20.0 Å². The van der Waals surface area contributed by atoms with Crippen LogP contribution in [-0.4, -0.2) is 51.6 Å². The molecule has 0 N–H and O–H groups in total. The lowest BCUT2D eigenvalue weighted by Gasteiger charge is -2.33. The van der Waals surface area contributed by atoms with Crippen LogP contribution >= 0.6 is 11.6 Å². The van der Waals surface area contributed by atoms with Gasteiger partial charge in [-0.25, -0.2) is 21.2 Å². The fourth-order valence-electron chi connectivity index (χ4n) is 3.16. The first kappa shape index (κ1) is 21.2. The molecule has 0 bridgehead atoms. The zero-order valence-electron chi connectivity index (χ0n) is 15.4. The Morgan fingerprint density at radius 3 is 1.96 bits per heavy atom. The van der Waals surface area contributed by atoms with Gasteiger partial charge in [-0.2, -0.15) is 8.61 Å². The Bertz CT molecular complexity index is 1110. The van der Waals surface area contributed by atoms with Crippen LogP contribution in [0.3, 0.4) is 0 Å². The van der Waals surface area contributed by atoms with Crippen molar-refractivity contribution in [3.8, 4) is 0 Å². The van der Waals surface area contributed by atoms with Gasteiger partial charge in [-0.15, -0.1) is 0 Å². The van der Waals surface area contributed by atoms with Crippen molar-refractivity contribution in [2.75, 3.05) is 26.2 Å². The van der Waals surface area contributed by atoms with Gasteiger partial charge in [0.1, 0.15) is 5.82 Å². The van der Waals surface area contributed by atoms with Gasteiger partial charge < -0.3 is 0 Å². The highest BCUT2D eigenvalue weighted by molar-refractivity contribution is 7.89. The second-order valence-corrected chi connectivity index (χ2v) is 10.9. The van der Waals surface area contributed by atoms with Crippen LogP contribution in [0.25, 0.3) is 0 Å². The van der Waals surface area contributed by atoms with E-state index in [1.165, 1.54) is 8.61 Å². The largest absolute Gasteiger partial charge is 0.243 e. The molecule has 2 aromatic carbocycles.